The van der Waals surface area contributed by atoms with E-state index in [-0.39, 0.29) is 16.3 Å². The van der Waals surface area contributed by atoms with E-state index >= 15 is 0 Å². The maximum atomic E-state index is 13.4. The topological polar surface area (TPSA) is 113 Å². The van der Waals surface area contributed by atoms with Crippen LogP contribution in [0, 0.1) is 0 Å². The van der Waals surface area contributed by atoms with E-state index in [4.69, 9.17) is 9.72 Å². The molecule has 2 aromatic heterocycles. The second kappa shape index (κ2) is 10.1. The first-order chi connectivity index (χ1) is 16.3. The number of halogens is 1. The Morgan fingerprint density at radius 3 is 2.59 bits per heavy atom. The number of likely N-dealkylation sites (N-methyl/N-ethyl adjacent to an activating group) is 1. The fourth-order valence-corrected chi connectivity index (χ4v) is 5.82. The van der Waals surface area contributed by atoms with Gasteiger partial charge in [0.2, 0.25) is 10.0 Å². The molecule has 1 saturated heterocycles. The summed E-state index contributed by atoms with van der Waals surface area (Å²) in [6, 6.07) is 4.71. The van der Waals surface area contributed by atoms with Gasteiger partial charge in [0, 0.05) is 38.6 Å². The quantitative estimate of drug-likeness (QED) is 0.425. The van der Waals surface area contributed by atoms with Crippen LogP contribution >= 0.6 is 15.9 Å². The van der Waals surface area contributed by atoms with Crippen molar-refractivity contribution in [1.29, 1.82) is 0 Å². The van der Waals surface area contributed by atoms with Crippen molar-refractivity contribution in [1.82, 2.24) is 29.0 Å². The minimum Gasteiger partial charge on any atom is -0.493 e. The van der Waals surface area contributed by atoms with Crippen molar-refractivity contribution < 1.29 is 13.2 Å². The molecular formula is C22H29BrN6O4S. The smallest absolute Gasteiger partial charge is 0.277 e. The standard InChI is InChI=1S/C22H29BrN6O4S/c1-4-33-18-8-7-15(34(31,32)29-12-10-27(2)11-13-29)14-16(18)21-24-19-17(6-5-9-23)26-28(3)20(19)22(30)25-21/h7-8,14H,4-6,9-13H2,1-3H3,(H,24,25,30). The second-order valence-electron chi connectivity index (χ2n) is 8.27. The number of sulfonamides is 1. The lowest BCUT2D eigenvalue weighted by Gasteiger charge is -2.31. The number of nitrogens with one attached hydrogen (secondary N) is 1. The van der Waals surface area contributed by atoms with Gasteiger partial charge in [-0.1, -0.05) is 15.9 Å². The summed E-state index contributed by atoms with van der Waals surface area (Å²) < 4.78 is 35.5. The van der Waals surface area contributed by atoms with E-state index in [0.717, 1.165) is 17.4 Å². The number of hydrogen-bond acceptors (Lipinski definition) is 7. The summed E-state index contributed by atoms with van der Waals surface area (Å²) in [5.41, 5.74) is 1.70. The zero-order valence-electron chi connectivity index (χ0n) is 19.5. The summed E-state index contributed by atoms with van der Waals surface area (Å²) in [7, 11) is -0.0191. The molecule has 0 unspecified atom stereocenters. The van der Waals surface area contributed by atoms with Gasteiger partial charge in [0.05, 0.1) is 22.8 Å². The van der Waals surface area contributed by atoms with Crippen molar-refractivity contribution in [2.75, 3.05) is 45.2 Å². The number of nitrogens with zero attached hydrogens (tertiary/aromatic N) is 5. The molecule has 1 N–H and O–H groups in total. The fourth-order valence-electron chi connectivity index (χ4n) is 4.09. The van der Waals surface area contributed by atoms with Gasteiger partial charge in [-0.15, -0.1) is 0 Å². The Bertz CT molecular complexity index is 1350. The molecule has 1 aromatic carbocycles. The number of alkyl halides is 1. The van der Waals surface area contributed by atoms with Crippen LogP contribution in [0.4, 0.5) is 0 Å². The van der Waals surface area contributed by atoms with Gasteiger partial charge in [-0.05, 0) is 45.0 Å². The highest BCUT2D eigenvalue weighted by atomic mass is 79.9. The number of ether oxygens (including phenoxy) is 1. The molecule has 0 spiro atoms. The zero-order valence-corrected chi connectivity index (χ0v) is 21.9. The molecule has 0 bridgehead atoms. The fraction of sp³-hybridized carbons (Fsp3) is 0.500. The van der Waals surface area contributed by atoms with Gasteiger partial charge >= 0.3 is 0 Å². The number of aromatic nitrogens is 4. The number of H-pyrrole nitrogens is 1. The molecule has 3 heterocycles. The number of piperazine rings is 1. The second-order valence-corrected chi connectivity index (χ2v) is 11.0. The Morgan fingerprint density at radius 2 is 1.91 bits per heavy atom. The molecule has 0 saturated carbocycles. The minimum atomic E-state index is -3.71. The predicted octanol–water partition coefficient (Wildman–Crippen LogP) is 1.99. The average Bonchev–Trinajstić information content (AvgIpc) is 3.14. The molecule has 0 radical (unpaired) electrons. The lowest BCUT2D eigenvalue weighted by atomic mass is 10.1. The SMILES string of the molecule is CCOc1ccc(S(=O)(=O)N2CCN(C)CC2)cc1-c1nc2c(CCCBr)nn(C)c2c(=O)[nH]1. The van der Waals surface area contributed by atoms with Crippen LogP contribution in [-0.2, 0) is 23.5 Å². The van der Waals surface area contributed by atoms with Crippen LogP contribution in [0.5, 0.6) is 5.75 Å². The summed E-state index contributed by atoms with van der Waals surface area (Å²) in [6.07, 6.45) is 1.51. The highest BCUT2D eigenvalue weighted by Crippen LogP contribution is 2.32. The molecule has 3 aromatic rings. The number of aromatic amines is 1. The largest absolute Gasteiger partial charge is 0.493 e. The van der Waals surface area contributed by atoms with Gasteiger partial charge in [0.1, 0.15) is 17.1 Å². The van der Waals surface area contributed by atoms with E-state index in [1.54, 1.807) is 19.2 Å². The van der Waals surface area contributed by atoms with E-state index < -0.39 is 10.0 Å². The molecule has 34 heavy (non-hydrogen) atoms. The highest BCUT2D eigenvalue weighted by Gasteiger charge is 2.29. The number of rotatable bonds is 8. The third kappa shape index (κ3) is 4.77. The first-order valence-corrected chi connectivity index (χ1v) is 13.8. The third-order valence-electron chi connectivity index (χ3n) is 5.92. The van der Waals surface area contributed by atoms with Crippen LogP contribution in [0.3, 0.4) is 0 Å². The number of benzene rings is 1. The summed E-state index contributed by atoms with van der Waals surface area (Å²) in [6.45, 7) is 4.43. The van der Waals surface area contributed by atoms with E-state index in [1.165, 1.54) is 15.1 Å². The minimum absolute atomic E-state index is 0.143. The van der Waals surface area contributed by atoms with Crippen LogP contribution in [0.15, 0.2) is 27.9 Å². The van der Waals surface area contributed by atoms with Crippen molar-refractivity contribution in [3.05, 3.63) is 34.2 Å². The lowest BCUT2D eigenvalue weighted by Crippen LogP contribution is -2.47. The van der Waals surface area contributed by atoms with Crippen LogP contribution in [0.25, 0.3) is 22.4 Å². The Kier molecular flexibility index (Phi) is 7.41. The average molecular weight is 553 g/mol. The molecule has 10 nitrogen and oxygen atoms in total. The molecule has 4 rings (SSSR count). The summed E-state index contributed by atoms with van der Waals surface area (Å²) in [4.78, 5) is 22.7. The van der Waals surface area contributed by atoms with Gasteiger partial charge < -0.3 is 14.6 Å². The van der Waals surface area contributed by atoms with Crippen LogP contribution in [0.1, 0.15) is 19.0 Å². The number of fused-ring (bicyclic) bond motifs is 1. The van der Waals surface area contributed by atoms with Gasteiger partial charge in [-0.25, -0.2) is 13.4 Å². The van der Waals surface area contributed by atoms with Gasteiger partial charge in [0.15, 0.2) is 5.52 Å². The Morgan fingerprint density at radius 1 is 1.18 bits per heavy atom. The van der Waals surface area contributed by atoms with E-state index in [0.29, 0.717) is 61.6 Å². The molecule has 12 heteroatoms. The Labute approximate surface area is 207 Å². The molecule has 1 aliphatic rings. The maximum Gasteiger partial charge on any atom is 0.277 e. The number of aryl methyl sites for hydroxylation is 2. The molecule has 0 amide bonds. The van der Waals surface area contributed by atoms with Crippen LogP contribution < -0.4 is 10.3 Å². The number of hydrogen-bond donors (Lipinski definition) is 1. The van der Waals surface area contributed by atoms with Gasteiger partial charge in [-0.2, -0.15) is 9.40 Å². The molecule has 1 aliphatic heterocycles. The van der Waals surface area contributed by atoms with E-state index in [2.05, 4.69) is 30.9 Å². The summed E-state index contributed by atoms with van der Waals surface area (Å²) in [5.74, 6) is 0.706. The van der Waals surface area contributed by atoms with Crippen molar-refractivity contribution in [2.45, 2.75) is 24.7 Å². The first-order valence-electron chi connectivity index (χ1n) is 11.2. The third-order valence-corrected chi connectivity index (χ3v) is 8.37. The molecule has 1 fully saturated rings. The van der Waals surface area contributed by atoms with E-state index in [1.807, 2.05) is 14.0 Å². The summed E-state index contributed by atoms with van der Waals surface area (Å²) >= 11 is 3.43. The predicted molar refractivity (Wildman–Crippen MR) is 134 cm³/mol. The molecular weight excluding hydrogens is 524 g/mol. The van der Waals surface area contributed by atoms with E-state index in [9.17, 15) is 13.2 Å². The molecule has 0 atom stereocenters. The van der Waals surface area contributed by atoms with Crippen molar-refractivity contribution in [3.63, 3.8) is 0 Å². The molecule has 184 valence electrons. The maximum absolute atomic E-state index is 13.4. The monoisotopic (exact) mass is 552 g/mol. The van der Waals surface area contributed by atoms with Gasteiger partial charge in [0.25, 0.3) is 5.56 Å². The van der Waals surface area contributed by atoms with Crippen molar-refractivity contribution >= 4 is 37.0 Å². The highest BCUT2D eigenvalue weighted by molar-refractivity contribution is 9.09. The first kappa shape index (κ1) is 24.8. The van der Waals surface area contributed by atoms with Crippen molar-refractivity contribution in [2.24, 2.45) is 7.05 Å². The van der Waals surface area contributed by atoms with Crippen molar-refractivity contribution in [3.8, 4) is 17.1 Å². The Balaban J connectivity index is 1.84. The molecule has 0 aliphatic carbocycles. The summed E-state index contributed by atoms with van der Waals surface area (Å²) in [5, 5.41) is 5.29. The normalized spacial score (nSPS) is 15.8. The lowest BCUT2D eigenvalue weighted by molar-refractivity contribution is 0.222. The Hall–Kier alpha value is -2.28. The zero-order chi connectivity index (χ0) is 24.5. The van der Waals surface area contributed by atoms with Crippen LogP contribution in [0.2, 0.25) is 0 Å². The van der Waals surface area contributed by atoms with Gasteiger partial charge in [-0.3, -0.25) is 9.48 Å². The van der Waals surface area contributed by atoms with Crippen LogP contribution in [-0.4, -0.2) is 82.5 Å².